The molecule has 1 aromatic carbocycles. The van der Waals surface area contributed by atoms with E-state index in [9.17, 15) is 9.18 Å². The predicted molar refractivity (Wildman–Crippen MR) is 74.6 cm³/mol. The molecule has 1 aromatic rings. The summed E-state index contributed by atoms with van der Waals surface area (Å²) in [6.07, 6.45) is 2.95. The largest absolute Gasteiger partial charge is 0.396 e. The van der Waals surface area contributed by atoms with Gasteiger partial charge in [0.05, 0.1) is 5.69 Å². The van der Waals surface area contributed by atoms with Gasteiger partial charge >= 0.3 is 0 Å². The molecule has 0 radical (unpaired) electrons. The zero-order valence-corrected chi connectivity index (χ0v) is 11.4. The third kappa shape index (κ3) is 3.77. The van der Waals surface area contributed by atoms with Gasteiger partial charge in [0.15, 0.2) is 5.78 Å². The average Bonchev–Trinajstić information content (AvgIpc) is 2.39. The number of likely N-dealkylation sites (tertiary alicyclic amines) is 1. The Balaban J connectivity index is 1.88. The molecule has 104 valence electrons. The minimum atomic E-state index is -0.471. The highest BCUT2D eigenvalue weighted by molar-refractivity contribution is 5.96. The van der Waals surface area contributed by atoms with Crippen LogP contribution in [0.3, 0.4) is 0 Å². The van der Waals surface area contributed by atoms with Crippen molar-refractivity contribution in [2.75, 3.05) is 25.4 Å². The van der Waals surface area contributed by atoms with E-state index >= 15 is 0 Å². The SMILES string of the molecule is CC1CCCN(CCC(=O)c2ccc(F)c(N)c2)C1. The molecule has 1 atom stereocenters. The van der Waals surface area contributed by atoms with Crippen LogP contribution in [-0.2, 0) is 0 Å². The van der Waals surface area contributed by atoms with Crippen LogP contribution in [0.25, 0.3) is 0 Å². The maximum atomic E-state index is 13.0. The summed E-state index contributed by atoms with van der Waals surface area (Å²) in [5, 5.41) is 0. The highest BCUT2D eigenvalue weighted by Gasteiger charge is 2.17. The summed E-state index contributed by atoms with van der Waals surface area (Å²) in [7, 11) is 0. The van der Waals surface area contributed by atoms with Crippen LogP contribution in [0.2, 0.25) is 0 Å². The van der Waals surface area contributed by atoms with Gasteiger partial charge in [0.25, 0.3) is 0 Å². The van der Waals surface area contributed by atoms with Gasteiger partial charge in [-0.25, -0.2) is 4.39 Å². The highest BCUT2D eigenvalue weighted by Crippen LogP contribution is 2.17. The molecule has 0 spiro atoms. The summed E-state index contributed by atoms with van der Waals surface area (Å²) >= 11 is 0. The first-order chi connectivity index (χ1) is 9.06. The Morgan fingerprint density at radius 2 is 2.32 bits per heavy atom. The molecule has 1 heterocycles. The summed E-state index contributed by atoms with van der Waals surface area (Å²) in [6.45, 7) is 5.16. The maximum Gasteiger partial charge on any atom is 0.164 e. The van der Waals surface area contributed by atoms with E-state index in [0.717, 1.165) is 19.6 Å². The molecule has 3 nitrogen and oxygen atoms in total. The number of Topliss-reactive ketones (excluding diaryl/α,β-unsaturated/α-hetero) is 1. The zero-order chi connectivity index (χ0) is 13.8. The van der Waals surface area contributed by atoms with E-state index in [2.05, 4.69) is 11.8 Å². The summed E-state index contributed by atoms with van der Waals surface area (Å²) < 4.78 is 13.0. The molecular weight excluding hydrogens is 243 g/mol. The normalized spacial score (nSPS) is 20.4. The fourth-order valence-electron chi connectivity index (χ4n) is 2.61. The predicted octanol–water partition coefficient (Wildman–Crippen LogP) is 2.71. The van der Waals surface area contributed by atoms with E-state index in [1.807, 2.05) is 0 Å². The second kappa shape index (κ2) is 6.15. The molecule has 1 fully saturated rings. The van der Waals surface area contributed by atoms with Crippen molar-refractivity contribution in [3.05, 3.63) is 29.6 Å². The Hall–Kier alpha value is -1.42. The molecule has 0 amide bonds. The van der Waals surface area contributed by atoms with Gasteiger partial charge in [-0.3, -0.25) is 4.79 Å². The molecule has 2 rings (SSSR count). The van der Waals surface area contributed by atoms with E-state index in [1.165, 1.54) is 31.0 Å². The van der Waals surface area contributed by atoms with E-state index < -0.39 is 5.82 Å². The molecule has 0 saturated carbocycles. The van der Waals surface area contributed by atoms with Gasteiger partial charge in [-0.15, -0.1) is 0 Å². The molecule has 2 N–H and O–H groups in total. The van der Waals surface area contributed by atoms with E-state index in [0.29, 0.717) is 17.9 Å². The van der Waals surface area contributed by atoms with Crippen LogP contribution in [0.4, 0.5) is 10.1 Å². The number of nitrogens with two attached hydrogens (primary N) is 1. The van der Waals surface area contributed by atoms with Crippen molar-refractivity contribution >= 4 is 11.5 Å². The van der Waals surface area contributed by atoms with Crippen molar-refractivity contribution < 1.29 is 9.18 Å². The lowest BCUT2D eigenvalue weighted by Crippen LogP contribution is -2.35. The number of rotatable bonds is 4. The van der Waals surface area contributed by atoms with Crippen molar-refractivity contribution in [2.24, 2.45) is 5.92 Å². The lowest BCUT2D eigenvalue weighted by atomic mass is 9.99. The molecule has 1 aliphatic heterocycles. The zero-order valence-electron chi connectivity index (χ0n) is 11.4. The fraction of sp³-hybridized carbons (Fsp3) is 0.533. The van der Waals surface area contributed by atoms with Crippen molar-refractivity contribution in [3.63, 3.8) is 0 Å². The first kappa shape index (κ1) is 14.0. The van der Waals surface area contributed by atoms with E-state index in [-0.39, 0.29) is 11.5 Å². The van der Waals surface area contributed by atoms with Crippen molar-refractivity contribution in [3.8, 4) is 0 Å². The number of nitrogens with zero attached hydrogens (tertiary/aromatic N) is 1. The van der Waals surface area contributed by atoms with Crippen LogP contribution in [0.5, 0.6) is 0 Å². The average molecular weight is 264 g/mol. The summed E-state index contributed by atoms with van der Waals surface area (Å²) in [5.41, 5.74) is 6.02. The topological polar surface area (TPSA) is 46.3 Å². The van der Waals surface area contributed by atoms with Crippen molar-refractivity contribution in [1.29, 1.82) is 0 Å². The third-order valence-corrected chi connectivity index (χ3v) is 3.71. The number of hydrogen-bond donors (Lipinski definition) is 1. The summed E-state index contributed by atoms with van der Waals surface area (Å²) in [4.78, 5) is 14.4. The minimum absolute atomic E-state index is 0.0323. The van der Waals surface area contributed by atoms with Gasteiger partial charge in [-0.1, -0.05) is 6.92 Å². The van der Waals surface area contributed by atoms with Gasteiger partial charge in [-0.2, -0.15) is 0 Å². The first-order valence-corrected chi connectivity index (χ1v) is 6.87. The molecule has 4 heteroatoms. The number of hydrogen-bond acceptors (Lipinski definition) is 3. The number of carbonyl (C=O) groups excluding carboxylic acids is 1. The number of benzene rings is 1. The van der Waals surface area contributed by atoms with Gasteiger partial charge in [0.1, 0.15) is 5.82 Å². The molecule has 1 aliphatic rings. The van der Waals surface area contributed by atoms with Crippen molar-refractivity contribution in [2.45, 2.75) is 26.2 Å². The highest BCUT2D eigenvalue weighted by atomic mass is 19.1. The van der Waals surface area contributed by atoms with Crippen LogP contribution < -0.4 is 5.73 Å². The molecule has 0 aliphatic carbocycles. The van der Waals surface area contributed by atoms with Gasteiger partial charge in [0, 0.05) is 25.1 Å². The lowest BCUT2D eigenvalue weighted by Gasteiger charge is -2.30. The second-order valence-corrected chi connectivity index (χ2v) is 5.46. The molecule has 0 aromatic heterocycles. The fourth-order valence-corrected chi connectivity index (χ4v) is 2.61. The number of carbonyl (C=O) groups is 1. The molecule has 0 bridgehead atoms. The van der Waals surface area contributed by atoms with Gasteiger partial charge < -0.3 is 10.6 Å². The first-order valence-electron chi connectivity index (χ1n) is 6.87. The Morgan fingerprint density at radius 3 is 3.00 bits per heavy atom. The quantitative estimate of drug-likeness (QED) is 0.672. The summed E-state index contributed by atoms with van der Waals surface area (Å²) in [6, 6.07) is 4.19. The monoisotopic (exact) mass is 264 g/mol. The van der Waals surface area contributed by atoms with Crippen LogP contribution in [-0.4, -0.2) is 30.3 Å². The number of nitrogen functional groups attached to an aromatic ring is 1. The van der Waals surface area contributed by atoms with E-state index in [1.54, 1.807) is 0 Å². The van der Waals surface area contributed by atoms with Crippen LogP contribution >= 0.6 is 0 Å². The van der Waals surface area contributed by atoms with Crippen molar-refractivity contribution in [1.82, 2.24) is 4.90 Å². The molecule has 19 heavy (non-hydrogen) atoms. The van der Waals surface area contributed by atoms with Crippen LogP contribution in [0.1, 0.15) is 36.5 Å². The number of ketones is 1. The smallest absolute Gasteiger partial charge is 0.164 e. The van der Waals surface area contributed by atoms with Crippen LogP contribution in [0, 0.1) is 11.7 Å². The Bertz CT molecular complexity index is 461. The molecule has 1 unspecified atom stereocenters. The Labute approximate surface area is 113 Å². The third-order valence-electron chi connectivity index (χ3n) is 3.71. The maximum absolute atomic E-state index is 13.0. The molecular formula is C15H21FN2O. The summed E-state index contributed by atoms with van der Waals surface area (Å²) in [5.74, 6) is 0.275. The Kier molecular flexibility index (Phi) is 4.53. The molecule has 1 saturated heterocycles. The second-order valence-electron chi connectivity index (χ2n) is 5.46. The van der Waals surface area contributed by atoms with Gasteiger partial charge in [-0.05, 0) is 43.5 Å². The van der Waals surface area contributed by atoms with Gasteiger partial charge in [0.2, 0.25) is 0 Å². The van der Waals surface area contributed by atoms with Crippen LogP contribution in [0.15, 0.2) is 18.2 Å². The van der Waals surface area contributed by atoms with E-state index in [4.69, 9.17) is 5.73 Å². The minimum Gasteiger partial charge on any atom is -0.396 e. The standard InChI is InChI=1S/C15H21FN2O/c1-11-3-2-7-18(10-11)8-6-15(19)12-4-5-13(16)14(17)9-12/h4-5,9,11H,2-3,6-8,10,17H2,1H3. The Morgan fingerprint density at radius 1 is 1.53 bits per heavy atom. The number of halogens is 1. The number of anilines is 1. The lowest BCUT2D eigenvalue weighted by molar-refractivity contribution is 0.0949. The number of piperidine rings is 1.